The van der Waals surface area contributed by atoms with Crippen molar-refractivity contribution in [1.29, 1.82) is 0 Å². The minimum atomic E-state index is -0.144. The van der Waals surface area contributed by atoms with Crippen molar-refractivity contribution in [2.45, 2.75) is 6.92 Å². The summed E-state index contributed by atoms with van der Waals surface area (Å²) in [5.41, 5.74) is 4.69. The van der Waals surface area contributed by atoms with Crippen molar-refractivity contribution in [2.75, 3.05) is 5.32 Å². The van der Waals surface area contributed by atoms with Crippen LogP contribution in [-0.4, -0.2) is 10.9 Å². The van der Waals surface area contributed by atoms with E-state index in [1.54, 1.807) is 6.07 Å². The molecule has 0 saturated heterocycles. The molecule has 128 valence electrons. The first kappa shape index (κ1) is 16.8. The maximum atomic E-state index is 12.4. The topological polar surface area (TPSA) is 55.1 Å². The van der Waals surface area contributed by atoms with Crippen molar-refractivity contribution in [1.82, 2.24) is 4.98 Å². The van der Waals surface area contributed by atoms with Gasteiger partial charge in [0, 0.05) is 20.4 Å². The zero-order chi connectivity index (χ0) is 18.1. The second kappa shape index (κ2) is 6.92. The largest absolute Gasteiger partial charge is 0.436 e. The fourth-order valence-electron chi connectivity index (χ4n) is 2.74. The van der Waals surface area contributed by atoms with Crippen LogP contribution in [0.2, 0.25) is 0 Å². The molecule has 4 nitrogen and oxygen atoms in total. The summed E-state index contributed by atoms with van der Waals surface area (Å²) in [7, 11) is 0. The lowest BCUT2D eigenvalue weighted by Gasteiger charge is -2.05. The van der Waals surface area contributed by atoms with E-state index in [2.05, 4.69) is 32.9 Å². The van der Waals surface area contributed by atoms with Crippen molar-refractivity contribution in [3.63, 3.8) is 0 Å². The molecule has 1 heterocycles. The minimum absolute atomic E-state index is 0.144. The third kappa shape index (κ3) is 3.48. The van der Waals surface area contributed by atoms with Crippen molar-refractivity contribution in [2.24, 2.45) is 0 Å². The lowest BCUT2D eigenvalue weighted by molar-refractivity contribution is 0.102. The molecule has 0 radical (unpaired) electrons. The Morgan fingerprint density at radius 3 is 2.69 bits per heavy atom. The minimum Gasteiger partial charge on any atom is -0.436 e. The average Bonchev–Trinajstić information content (AvgIpc) is 3.05. The van der Waals surface area contributed by atoms with Crippen LogP contribution in [0.25, 0.3) is 22.6 Å². The van der Waals surface area contributed by atoms with Gasteiger partial charge in [0.05, 0.1) is 0 Å². The van der Waals surface area contributed by atoms with E-state index in [1.807, 2.05) is 67.6 Å². The molecule has 0 unspecified atom stereocenters. The molecular formula is C21H15IN2O2. The number of amides is 1. The van der Waals surface area contributed by atoms with E-state index in [9.17, 15) is 4.79 Å². The maximum Gasteiger partial charge on any atom is 0.255 e. The molecule has 1 aromatic heterocycles. The average molecular weight is 454 g/mol. The molecule has 0 atom stereocenters. The number of hydrogen-bond donors (Lipinski definition) is 1. The van der Waals surface area contributed by atoms with Gasteiger partial charge in [-0.25, -0.2) is 4.98 Å². The molecule has 1 N–H and O–H groups in total. The predicted molar refractivity (Wildman–Crippen MR) is 111 cm³/mol. The lowest BCUT2D eigenvalue weighted by Crippen LogP contribution is -2.11. The van der Waals surface area contributed by atoms with Crippen LogP contribution in [0.15, 0.2) is 71.1 Å². The van der Waals surface area contributed by atoms with E-state index in [1.165, 1.54) is 0 Å². The summed E-state index contributed by atoms with van der Waals surface area (Å²) >= 11 is 2.26. The standard InChI is InChI=1S/C21H15IN2O2/c1-13-4-2-5-14(10-13)20(25)23-17-8-9-19-18(12-17)24-21(26-19)15-6-3-7-16(22)11-15/h2-12H,1H3,(H,23,25). The first-order valence-electron chi connectivity index (χ1n) is 8.13. The molecule has 0 bridgehead atoms. The van der Waals surface area contributed by atoms with E-state index in [0.717, 1.165) is 14.7 Å². The molecule has 0 aliphatic rings. The van der Waals surface area contributed by atoms with Crippen LogP contribution in [0.3, 0.4) is 0 Å². The van der Waals surface area contributed by atoms with E-state index in [-0.39, 0.29) is 5.91 Å². The first-order chi connectivity index (χ1) is 12.6. The van der Waals surface area contributed by atoms with E-state index in [4.69, 9.17) is 4.42 Å². The molecule has 3 aromatic carbocycles. The second-order valence-electron chi connectivity index (χ2n) is 6.04. The Bertz CT molecular complexity index is 1120. The summed E-state index contributed by atoms with van der Waals surface area (Å²) in [4.78, 5) is 17.0. The number of aromatic nitrogens is 1. The fourth-order valence-corrected chi connectivity index (χ4v) is 3.28. The van der Waals surface area contributed by atoms with Crippen molar-refractivity contribution >= 4 is 45.3 Å². The molecule has 1 amide bonds. The third-order valence-electron chi connectivity index (χ3n) is 4.00. The zero-order valence-electron chi connectivity index (χ0n) is 14.0. The molecule has 0 aliphatic carbocycles. The van der Waals surface area contributed by atoms with Gasteiger partial charge in [-0.05, 0) is 78.0 Å². The van der Waals surface area contributed by atoms with Gasteiger partial charge in [-0.2, -0.15) is 0 Å². The summed E-state index contributed by atoms with van der Waals surface area (Å²) in [6, 6.07) is 20.9. The number of halogens is 1. The summed E-state index contributed by atoms with van der Waals surface area (Å²) in [5.74, 6) is 0.426. The lowest BCUT2D eigenvalue weighted by atomic mass is 10.1. The van der Waals surface area contributed by atoms with Gasteiger partial charge in [0.1, 0.15) is 5.52 Å². The Labute approximate surface area is 164 Å². The summed E-state index contributed by atoms with van der Waals surface area (Å²) in [5, 5.41) is 2.91. The van der Waals surface area contributed by atoms with Crippen molar-refractivity contribution in [3.05, 3.63) is 81.4 Å². The first-order valence-corrected chi connectivity index (χ1v) is 9.21. The van der Waals surface area contributed by atoms with Gasteiger partial charge >= 0.3 is 0 Å². The Morgan fingerprint density at radius 1 is 1.04 bits per heavy atom. The highest BCUT2D eigenvalue weighted by molar-refractivity contribution is 14.1. The Balaban J connectivity index is 1.62. The number of fused-ring (bicyclic) bond motifs is 1. The summed E-state index contributed by atoms with van der Waals surface area (Å²) in [6.45, 7) is 1.96. The molecule has 4 aromatic rings. The van der Waals surface area contributed by atoms with Gasteiger partial charge in [0.25, 0.3) is 5.91 Å². The van der Waals surface area contributed by atoms with Crippen molar-refractivity contribution in [3.8, 4) is 11.5 Å². The number of benzene rings is 3. The van der Waals surface area contributed by atoms with Crippen LogP contribution < -0.4 is 5.32 Å². The molecule has 0 fully saturated rings. The predicted octanol–water partition coefficient (Wildman–Crippen LogP) is 5.66. The highest BCUT2D eigenvalue weighted by atomic mass is 127. The Kier molecular flexibility index (Phi) is 4.46. The number of nitrogens with one attached hydrogen (secondary N) is 1. The van der Waals surface area contributed by atoms with Crippen LogP contribution in [0.1, 0.15) is 15.9 Å². The number of carbonyl (C=O) groups is 1. The number of anilines is 1. The molecule has 0 saturated carbocycles. The summed E-state index contributed by atoms with van der Waals surface area (Å²) in [6.07, 6.45) is 0. The highest BCUT2D eigenvalue weighted by Crippen LogP contribution is 2.27. The van der Waals surface area contributed by atoms with Crippen LogP contribution in [0.5, 0.6) is 0 Å². The van der Waals surface area contributed by atoms with E-state index < -0.39 is 0 Å². The van der Waals surface area contributed by atoms with Crippen LogP contribution >= 0.6 is 22.6 Å². The Hall–Kier alpha value is -2.67. The number of carbonyl (C=O) groups excluding carboxylic acids is 1. The quantitative estimate of drug-likeness (QED) is 0.407. The number of aryl methyl sites for hydroxylation is 1. The Morgan fingerprint density at radius 2 is 1.88 bits per heavy atom. The van der Waals surface area contributed by atoms with Gasteiger partial charge in [0.2, 0.25) is 5.89 Å². The van der Waals surface area contributed by atoms with Gasteiger partial charge in [0.15, 0.2) is 5.58 Å². The molecule has 5 heteroatoms. The summed E-state index contributed by atoms with van der Waals surface area (Å²) < 4.78 is 6.96. The molecule has 26 heavy (non-hydrogen) atoms. The zero-order valence-corrected chi connectivity index (χ0v) is 16.2. The van der Waals surface area contributed by atoms with Crippen LogP contribution in [0, 0.1) is 10.5 Å². The third-order valence-corrected chi connectivity index (χ3v) is 4.67. The SMILES string of the molecule is Cc1cccc(C(=O)Nc2ccc3oc(-c4cccc(I)c4)nc3c2)c1. The van der Waals surface area contributed by atoms with E-state index >= 15 is 0 Å². The number of oxazole rings is 1. The van der Waals surface area contributed by atoms with Crippen LogP contribution in [-0.2, 0) is 0 Å². The monoisotopic (exact) mass is 454 g/mol. The normalized spacial score (nSPS) is 10.8. The van der Waals surface area contributed by atoms with Gasteiger partial charge in [-0.1, -0.05) is 23.8 Å². The fraction of sp³-hybridized carbons (Fsp3) is 0.0476. The second-order valence-corrected chi connectivity index (χ2v) is 7.28. The van der Waals surface area contributed by atoms with Crippen molar-refractivity contribution < 1.29 is 9.21 Å². The number of rotatable bonds is 3. The van der Waals surface area contributed by atoms with Gasteiger partial charge in [-0.3, -0.25) is 4.79 Å². The number of hydrogen-bond acceptors (Lipinski definition) is 3. The maximum absolute atomic E-state index is 12.4. The van der Waals surface area contributed by atoms with Gasteiger partial charge < -0.3 is 9.73 Å². The molecular weight excluding hydrogens is 439 g/mol. The number of nitrogens with zero attached hydrogens (tertiary/aromatic N) is 1. The molecule has 4 rings (SSSR count). The molecule has 0 aliphatic heterocycles. The highest BCUT2D eigenvalue weighted by Gasteiger charge is 2.11. The van der Waals surface area contributed by atoms with E-state index in [0.29, 0.717) is 28.2 Å². The van der Waals surface area contributed by atoms with Gasteiger partial charge in [-0.15, -0.1) is 0 Å². The molecule has 0 spiro atoms. The smallest absolute Gasteiger partial charge is 0.255 e. The van der Waals surface area contributed by atoms with Crippen LogP contribution in [0.4, 0.5) is 5.69 Å².